The molecule has 0 aliphatic rings. The summed E-state index contributed by atoms with van der Waals surface area (Å²) in [4.78, 5) is 12.0. The number of esters is 1. The van der Waals surface area contributed by atoms with E-state index in [1.165, 1.54) is 218 Å². The van der Waals surface area contributed by atoms with Crippen LogP contribution >= 0.6 is 0 Å². The Morgan fingerprint density at radius 3 is 0.957 bits per heavy atom. The van der Waals surface area contributed by atoms with Crippen LogP contribution in [-0.2, 0) is 9.53 Å². The molecule has 0 amide bonds. The molecule has 0 atom stereocenters. The van der Waals surface area contributed by atoms with Crippen LogP contribution in [0.2, 0.25) is 0 Å². The van der Waals surface area contributed by atoms with Crippen LogP contribution in [0.5, 0.6) is 0 Å². The van der Waals surface area contributed by atoms with Crippen molar-refractivity contribution >= 4 is 5.97 Å². The molecule has 0 aliphatic heterocycles. The van der Waals surface area contributed by atoms with E-state index in [9.17, 15) is 4.79 Å². The summed E-state index contributed by atoms with van der Waals surface area (Å²) in [5, 5.41) is 0. The minimum absolute atomic E-state index is 0.0191. The first-order valence-electron chi connectivity index (χ1n) is 21.6. The Labute approximate surface area is 291 Å². The van der Waals surface area contributed by atoms with Crippen LogP contribution in [0.1, 0.15) is 258 Å². The van der Waals surface area contributed by atoms with Gasteiger partial charge in [0.15, 0.2) is 0 Å². The molecule has 274 valence electrons. The molecule has 0 heterocycles. The smallest absolute Gasteiger partial charge is 0.305 e. The first kappa shape index (κ1) is 45.2. The van der Waals surface area contributed by atoms with Gasteiger partial charge in [-0.05, 0) is 38.5 Å². The molecule has 0 aromatic carbocycles. The third kappa shape index (κ3) is 41.2. The molecule has 0 rings (SSSR count). The minimum atomic E-state index is 0.0191. The van der Waals surface area contributed by atoms with E-state index < -0.39 is 0 Å². The van der Waals surface area contributed by atoms with Gasteiger partial charge in [0.1, 0.15) is 0 Å². The third-order valence-electron chi connectivity index (χ3n) is 9.90. The van der Waals surface area contributed by atoms with Crippen LogP contribution in [0, 0.1) is 0 Å². The van der Waals surface area contributed by atoms with E-state index in [2.05, 4.69) is 26.0 Å². The van der Waals surface area contributed by atoms with Crippen LogP contribution < -0.4 is 0 Å². The van der Waals surface area contributed by atoms with Crippen LogP contribution in [0.25, 0.3) is 0 Å². The van der Waals surface area contributed by atoms with Gasteiger partial charge in [-0.25, -0.2) is 0 Å². The number of carbonyl (C=O) groups excluding carboxylic acids is 1. The Morgan fingerprint density at radius 2 is 0.609 bits per heavy atom. The molecule has 0 saturated heterocycles. The van der Waals surface area contributed by atoms with Crippen molar-refractivity contribution < 1.29 is 9.53 Å². The van der Waals surface area contributed by atoms with Gasteiger partial charge in [-0.3, -0.25) is 4.79 Å². The molecule has 2 nitrogen and oxygen atoms in total. The number of carbonyl (C=O) groups is 1. The Balaban J connectivity index is 3.15. The Hall–Kier alpha value is -0.790. The quantitative estimate of drug-likeness (QED) is 0.0376. The highest BCUT2D eigenvalue weighted by Crippen LogP contribution is 2.16. The highest BCUT2D eigenvalue weighted by atomic mass is 16.5. The zero-order chi connectivity index (χ0) is 33.3. The fourth-order valence-corrected chi connectivity index (χ4v) is 6.66. The lowest BCUT2D eigenvalue weighted by Crippen LogP contribution is -2.05. The van der Waals surface area contributed by atoms with Gasteiger partial charge in [0.25, 0.3) is 0 Å². The second kappa shape index (κ2) is 42.2. The maximum atomic E-state index is 12.0. The van der Waals surface area contributed by atoms with E-state index in [1.54, 1.807) is 0 Å². The number of hydrogen-bond donors (Lipinski definition) is 0. The number of ether oxygens (including phenoxy) is 1. The molecular weight excluding hydrogens is 560 g/mol. The lowest BCUT2D eigenvalue weighted by molar-refractivity contribution is -0.143. The molecule has 0 aromatic heterocycles. The Morgan fingerprint density at radius 1 is 0.348 bits per heavy atom. The van der Waals surface area contributed by atoms with Crippen LogP contribution in [0.3, 0.4) is 0 Å². The average molecular weight is 647 g/mol. The zero-order valence-electron chi connectivity index (χ0n) is 32.0. The van der Waals surface area contributed by atoms with Crippen LogP contribution in [0.15, 0.2) is 12.2 Å². The largest absolute Gasteiger partial charge is 0.466 e. The summed E-state index contributed by atoms with van der Waals surface area (Å²) < 4.78 is 5.46. The SMILES string of the molecule is CCCCCC/C=C\CCCCCCCC(=O)OCCCCCCCCCCCCCCCCCCCCCCCCCCCC. The summed E-state index contributed by atoms with van der Waals surface area (Å²) >= 11 is 0. The molecule has 0 bridgehead atoms. The molecular formula is C44H86O2. The van der Waals surface area contributed by atoms with E-state index in [0.29, 0.717) is 13.0 Å². The summed E-state index contributed by atoms with van der Waals surface area (Å²) in [6.45, 7) is 5.20. The summed E-state index contributed by atoms with van der Waals surface area (Å²) in [7, 11) is 0. The van der Waals surface area contributed by atoms with E-state index in [1.807, 2.05) is 0 Å². The number of hydrogen-bond acceptors (Lipinski definition) is 2. The molecule has 0 radical (unpaired) electrons. The summed E-state index contributed by atoms with van der Waals surface area (Å²) in [6, 6.07) is 0. The Kier molecular flexibility index (Phi) is 41.5. The van der Waals surface area contributed by atoms with Crippen molar-refractivity contribution in [2.24, 2.45) is 0 Å². The van der Waals surface area contributed by atoms with Crippen molar-refractivity contribution in [1.82, 2.24) is 0 Å². The van der Waals surface area contributed by atoms with Gasteiger partial charge in [0.2, 0.25) is 0 Å². The van der Waals surface area contributed by atoms with Gasteiger partial charge in [-0.15, -0.1) is 0 Å². The van der Waals surface area contributed by atoms with Gasteiger partial charge in [-0.2, -0.15) is 0 Å². The summed E-state index contributed by atoms with van der Waals surface area (Å²) in [5.74, 6) is 0.0191. The maximum absolute atomic E-state index is 12.0. The zero-order valence-corrected chi connectivity index (χ0v) is 32.0. The van der Waals surface area contributed by atoms with Crippen LogP contribution in [0.4, 0.5) is 0 Å². The van der Waals surface area contributed by atoms with Crippen molar-refractivity contribution in [3.63, 3.8) is 0 Å². The van der Waals surface area contributed by atoms with Gasteiger partial charge < -0.3 is 4.74 Å². The predicted molar refractivity (Wildman–Crippen MR) is 207 cm³/mol. The molecule has 0 saturated carbocycles. The highest BCUT2D eigenvalue weighted by Gasteiger charge is 2.03. The monoisotopic (exact) mass is 647 g/mol. The minimum Gasteiger partial charge on any atom is -0.466 e. The average Bonchev–Trinajstić information content (AvgIpc) is 3.06. The lowest BCUT2D eigenvalue weighted by Gasteiger charge is -2.06. The molecule has 0 fully saturated rings. The van der Waals surface area contributed by atoms with Gasteiger partial charge in [-0.1, -0.05) is 225 Å². The van der Waals surface area contributed by atoms with Crippen molar-refractivity contribution in [3.05, 3.63) is 12.2 Å². The first-order chi connectivity index (χ1) is 22.8. The van der Waals surface area contributed by atoms with Gasteiger partial charge >= 0.3 is 5.97 Å². The maximum Gasteiger partial charge on any atom is 0.305 e. The predicted octanol–water partition coefficient (Wildman–Crippen LogP) is 15.9. The molecule has 0 N–H and O–H groups in total. The standard InChI is InChI=1S/C44H86O2/c1-3-5-7-9-11-13-15-17-18-19-20-21-22-23-24-25-26-27-28-29-31-33-35-37-39-41-43-46-44(45)42-40-38-36-34-32-30-16-14-12-10-8-6-4-2/h14,16H,3-13,15,17-43H2,1-2H3/b16-14-. The van der Waals surface area contributed by atoms with E-state index >= 15 is 0 Å². The normalized spacial score (nSPS) is 11.6. The number of rotatable bonds is 40. The van der Waals surface area contributed by atoms with Gasteiger partial charge in [0, 0.05) is 6.42 Å². The topological polar surface area (TPSA) is 26.3 Å². The van der Waals surface area contributed by atoms with Crippen molar-refractivity contribution in [3.8, 4) is 0 Å². The Bertz CT molecular complexity index is 582. The number of allylic oxidation sites excluding steroid dienone is 2. The second-order valence-electron chi connectivity index (χ2n) is 14.7. The fourth-order valence-electron chi connectivity index (χ4n) is 6.66. The molecule has 0 spiro atoms. The summed E-state index contributed by atoms with van der Waals surface area (Å²) in [5.41, 5.74) is 0. The fraction of sp³-hybridized carbons (Fsp3) is 0.932. The lowest BCUT2D eigenvalue weighted by atomic mass is 10.0. The highest BCUT2D eigenvalue weighted by molar-refractivity contribution is 5.69. The first-order valence-corrected chi connectivity index (χ1v) is 21.6. The van der Waals surface area contributed by atoms with E-state index in [0.717, 1.165) is 19.3 Å². The third-order valence-corrected chi connectivity index (χ3v) is 9.90. The van der Waals surface area contributed by atoms with Gasteiger partial charge in [0.05, 0.1) is 6.61 Å². The van der Waals surface area contributed by atoms with Crippen molar-refractivity contribution in [2.45, 2.75) is 258 Å². The van der Waals surface area contributed by atoms with Crippen molar-refractivity contribution in [2.75, 3.05) is 6.61 Å². The van der Waals surface area contributed by atoms with E-state index in [-0.39, 0.29) is 5.97 Å². The van der Waals surface area contributed by atoms with Crippen molar-refractivity contribution in [1.29, 1.82) is 0 Å². The number of unbranched alkanes of at least 4 members (excludes halogenated alkanes) is 34. The van der Waals surface area contributed by atoms with E-state index in [4.69, 9.17) is 4.74 Å². The molecule has 0 unspecified atom stereocenters. The second-order valence-corrected chi connectivity index (χ2v) is 14.7. The molecule has 0 aromatic rings. The summed E-state index contributed by atoms with van der Waals surface area (Å²) in [6.07, 6.45) is 56.0. The molecule has 46 heavy (non-hydrogen) atoms. The van der Waals surface area contributed by atoms with Crippen LogP contribution in [-0.4, -0.2) is 12.6 Å². The molecule has 0 aliphatic carbocycles. The molecule has 2 heteroatoms.